The van der Waals surface area contributed by atoms with Crippen molar-refractivity contribution in [1.29, 1.82) is 0 Å². The van der Waals surface area contributed by atoms with Crippen molar-refractivity contribution in [2.45, 2.75) is 45.6 Å². The van der Waals surface area contributed by atoms with E-state index in [1.807, 2.05) is 10.9 Å². The molecule has 1 aromatic heterocycles. The van der Waals surface area contributed by atoms with Gasteiger partial charge in [-0.2, -0.15) is 0 Å². The summed E-state index contributed by atoms with van der Waals surface area (Å²) in [6.45, 7) is 7.39. The summed E-state index contributed by atoms with van der Waals surface area (Å²) in [5.41, 5.74) is 1.10. The minimum absolute atomic E-state index is 0.112. The highest BCUT2D eigenvalue weighted by atomic mass is 16.7. The van der Waals surface area contributed by atoms with Gasteiger partial charge in [-0.15, -0.1) is 5.10 Å². The summed E-state index contributed by atoms with van der Waals surface area (Å²) in [6, 6.07) is 0.183. The molecule has 1 aliphatic rings. The molecule has 2 rings (SSSR count). The fraction of sp³-hybridized carbons (Fsp3) is 0.833. The lowest BCUT2D eigenvalue weighted by Gasteiger charge is -2.21. The van der Waals surface area contributed by atoms with Gasteiger partial charge in [-0.3, -0.25) is 0 Å². The van der Waals surface area contributed by atoms with Gasteiger partial charge in [0, 0.05) is 13.0 Å². The molecular formula is C12H22N4O2. The third kappa shape index (κ3) is 3.28. The zero-order valence-electron chi connectivity index (χ0n) is 11.1. The van der Waals surface area contributed by atoms with E-state index in [1.54, 1.807) is 0 Å². The summed E-state index contributed by atoms with van der Waals surface area (Å²) >= 11 is 0. The van der Waals surface area contributed by atoms with E-state index in [2.05, 4.69) is 29.5 Å². The average molecular weight is 254 g/mol. The Morgan fingerprint density at radius 1 is 1.44 bits per heavy atom. The summed E-state index contributed by atoms with van der Waals surface area (Å²) < 4.78 is 13.0. The Hall–Kier alpha value is -0.980. The van der Waals surface area contributed by atoms with Gasteiger partial charge in [0.15, 0.2) is 6.29 Å². The largest absolute Gasteiger partial charge is 0.350 e. The number of ether oxygens (including phenoxy) is 2. The molecule has 0 saturated carbocycles. The maximum Gasteiger partial charge on any atom is 0.159 e. The quantitative estimate of drug-likeness (QED) is 0.789. The van der Waals surface area contributed by atoms with Gasteiger partial charge in [-0.25, -0.2) is 4.68 Å². The molecule has 18 heavy (non-hydrogen) atoms. The molecular weight excluding hydrogens is 232 g/mol. The van der Waals surface area contributed by atoms with Crippen molar-refractivity contribution in [2.24, 2.45) is 0 Å². The first-order valence-electron chi connectivity index (χ1n) is 6.70. The molecule has 0 bridgehead atoms. The van der Waals surface area contributed by atoms with Crippen LogP contribution in [0.15, 0.2) is 6.20 Å². The Bertz CT molecular complexity index is 350. The van der Waals surface area contributed by atoms with Crippen molar-refractivity contribution in [3.8, 4) is 0 Å². The number of aromatic nitrogens is 3. The van der Waals surface area contributed by atoms with Crippen LogP contribution in [0.4, 0.5) is 0 Å². The van der Waals surface area contributed by atoms with Crippen molar-refractivity contribution >= 4 is 0 Å². The summed E-state index contributed by atoms with van der Waals surface area (Å²) in [6.07, 6.45) is 3.61. The zero-order valence-corrected chi connectivity index (χ0v) is 11.1. The van der Waals surface area contributed by atoms with E-state index in [0.29, 0.717) is 13.2 Å². The van der Waals surface area contributed by atoms with Crippen LogP contribution in [0.1, 0.15) is 38.4 Å². The maximum atomic E-state index is 5.52. The smallest absolute Gasteiger partial charge is 0.159 e. The third-order valence-corrected chi connectivity index (χ3v) is 3.06. The molecule has 1 aliphatic heterocycles. The van der Waals surface area contributed by atoms with E-state index in [-0.39, 0.29) is 12.3 Å². The fourth-order valence-electron chi connectivity index (χ4n) is 2.14. The van der Waals surface area contributed by atoms with E-state index >= 15 is 0 Å². The lowest BCUT2D eigenvalue weighted by Crippen LogP contribution is -2.28. The number of hydrogen-bond donors (Lipinski definition) is 1. The molecule has 0 amide bonds. The minimum atomic E-state index is -0.112. The molecule has 6 heteroatoms. The van der Waals surface area contributed by atoms with Crippen molar-refractivity contribution in [1.82, 2.24) is 20.3 Å². The van der Waals surface area contributed by atoms with Crippen molar-refractivity contribution in [2.75, 3.05) is 19.8 Å². The Labute approximate surface area is 108 Å². The molecule has 0 spiro atoms. The highest BCUT2D eigenvalue weighted by Gasteiger charge is 2.24. The Kier molecular flexibility index (Phi) is 5.10. The van der Waals surface area contributed by atoms with Gasteiger partial charge in [0.25, 0.3) is 0 Å². The SMILES string of the molecule is CCCNC(CC1OCCO1)c1cnnn1CC. The third-order valence-electron chi connectivity index (χ3n) is 3.06. The molecule has 102 valence electrons. The summed E-state index contributed by atoms with van der Waals surface area (Å²) in [5.74, 6) is 0. The van der Waals surface area contributed by atoms with Gasteiger partial charge in [-0.05, 0) is 19.9 Å². The number of nitrogens with zero attached hydrogens (tertiary/aromatic N) is 3. The topological polar surface area (TPSA) is 61.2 Å². The number of rotatable bonds is 7. The van der Waals surface area contributed by atoms with E-state index in [4.69, 9.17) is 9.47 Å². The van der Waals surface area contributed by atoms with Crippen LogP contribution < -0.4 is 5.32 Å². The fourth-order valence-corrected chi connectivity index (χ4v) is 2.14. The molecule has 1 fully saturated rings. The number of hydrogen-bond acceptors (Lipinski definition) is 5. The van der Waals surface area contributed by atoms with Crippen LogP contribution >= 0.6 is 0 Å². The van der Waals surface area contributed by atoms with E-state index < -0.39 is 0 Å². The zero-order chi connectivity index (χ0) is 12.8. The van der Waals surface area contributed by atoms with Crippen molar-refractivity contribution < 1.29 is 9.47 Å². The predicted octanol–water partition coefficient (Wildman–Crippen LogP) is 1.10. The molecule has 1 N–H and O–H groups in total. The number of aryl methyl sites for hydroxylation is 1. The maximum absolute atomic E-state index is 5.52. The Morgan fingerprint density at radius 2 is 2.22 bits per heavy atom. The van der Waals surface area contributed by atoms with Gasteiger partial charge in [-0.1, -0.05) is 12.1 Å². The second-order valence-corrected chi connectivity index (χ2v) is 4.39. The van der Waals surface area contributed by atoms with Crippen molar-refractivity contribution in [3.63, 3.8) is 0 Å². The van der Waals surface area contributed by atoms with Gasteiger partial charge in [0.1, 0.15) is 0 Å². The van der Waals surface area contributed by atoms with E-state index in [9.17, 15) is 0 Å². The summed E-state index contributed by atoms with van der Waals surface area (Å²) in [7, 11) is 0. The lowest BCUT2D eigenvalue weighted by molar-refractivity contribution is -0.0534. The predicted molar refractivity (Wildman–Crippen MR) is 67.0 cm³/mol. The van der Waals surface area contributed by atoms with Crippen LogP contribution in [0, 0.1) is 0 Å². The first-order valence-corrected chi connectivity index (χ1v) is 6.70. The Morgan fingerprint density at radius 3 is 2.89 bits per heavy atom. The molecule has 0 aromatic carbocycles. The van der Waals surface area contributed by atoms with Crippen LogP contribution in [-0.4, -0.2) is 41.0 Å². The molecule has 2 heterocycles. The molecule has 0 radical (unpaired) electrons. The highest BCUT2D eigenvalue weighted by Crippen LogP contribution is 2.21. The molecule has 6 nitrogen and oxygen atoms in total. The molecule has 1 atom stereocenters. The molecule has 0 aliphatic carbocycles. The first-order chi connectivity index (χ1) is 8.85. The van der Waals surface area contributed by atoms with Gasteiger partial charge >= 0.3 is 0 Å². The summed E-state index contributed by atoms with van der Waals surface area (Å²) in [4.78, 5) is 0. The van der Waals surface area contributed by atoms with Gasteiger partial charge < -0.3 is 14.8 Å². The minimum Gasteiger partial charge on any atom is -0.350 e. The molecule has 1 aromatic rings. The molecule has 1 saturated heterocycles. The normalized spacial score (nSPS) is 18.3. The van der Waals surface area contributed by atoms with Crippen LogP contribution in [0.5, 0.6) is 0 Å². The monoisotopic (exact) mass is 254 g/mol. The molecule has 1 unspecified atom stereocenters. The highest BCUT2D eigenvalue weighted by molar-refractivity contribution is 5.02. The van der Waals surface area contributed by atoms with Crippen LogP contribution in [-0.2, 0) is 16.0 Å². The number of nitrogens with one attached hydrogen (secondary N) is 1. The Balaban J connectivity index is 2.03. The average Bonchev–Trinajstić information content (AvgIpc) is 3.04. The standard InChI is InChI=1S/C12H22N4O2/c1-3-5-13-10(8-12-17-6-7-18-12)11-9-14-15-16(11)4-2/h9-10,12-13H,3-8H2,1-2H3. The summed E-state index contributed by atoms with van der Waals surface area (Å²) in [5, 5.41) is 11.6. The van der Waals surface area contributed by atoms with E-state index in [0.717, 1.165) is 31.6 Å². The van der Waals surface area contributed by atoms with Crippen LogP contribution in [0.3, 0.4) is 0 Å². The van der Waals surface area contributed by atoms with Crippen molar-refractivity contribution in [3.05, 3.63) is 11.9 Å². The lowest BCUT2D eigenvalue weighted by atomic mass is 10.1. The second-order valence-electron chi connectivity index (χ2n) is 4.39. The van der Waals surface area contributed by atoms with Gasteiger partial charge in [0.2, 0.25) is 0 Å². The second kappa shape index (κ2) is 6.82. The van der Waals surface area contributed by atoms with Crippen LogP contribution in [0.2, 0.25) is 0 Å². The van der Waals surface area contributed by atoms with Gasteiger partial charge in [0.05, 0.1) is 31.1 Å². The first kappa shape index (κ1) is 13.5. The van der Waals surface area contributed by atoms with Crippen LogP contribution in [0.25, 0.3) is 0 Å². The van der Waals surface area contributed by atoms with E-state index in [1.165, 1.54) is 0 Å².